The summed E-state index contributed by atoms with van der Waals surface area (Å²) in [4.78, 5) is 19.5. The molecule has 0 radical (unpaired) electrons. The number of aryl methyl sites for hydroxylation is 1. The van der Waals surface area contributed by atoms with E-state index in [1.165, 1.54) is 0 Å². The fraction of sp³-hybridized carbons (Fsp3) is 0.179. The molecule has 3 heterocycles. The van der Waals surface area contributed by atoms with Gasteiger partial charge < -0.3 is 25.2 Å². The molecule has 36 heavy (non-hydrogen) atoms. The van der Waals surface area contributed by atoms with E-state index in [0.29, 0.717) is 11.7 Å². The van der Waals surface area contributed by atoms with E-state index in [0.717, 1.165) is 28.3 Å². The third kappa shape index (κ3) is 4.94. The van der Waals surface area contributed by atoms with E-state index in [1.54, 1.807) is 18.3 Å². The molecule has 0 saturated carbocycles. The molecule has 2 atom stereocenters. The van der Waals surface area contributed by atoms with Crippen LogP contribution in [0, 0.1) is 6.92 Å². The number of amides is 1. The number of hydrogen-bond acceptors (Lipinski definition) is 4. The number of phenolic OH excluding ortho intramolecular Hbond substituents is 1. The molecule has 2 unspecified atom stereocenters. The summed E-state index contributed by atoms with van der Waals surface area (Å²) < 4.78 is 2.08. The second-order valence-corrected chi connectivity index (χ2v) is 9.19. The molecule has 1 saturated heterocycles. The number of rotatable bonds is 7. The lowest BCUT2D eigenvalue weighted by Gasteiger charge is -2.29. The normalized spacial score (nSPS) is 17.1. The van der Waals surface area contributed by atoms with Crippen LogP contribution in [0.4, 0.5) is 5.69 Å². The molecule has 0 spiro atoms. The molecule has 1 aliphatic heterocycles. The van der Waals surface area contributed by atoms with E-state index in [-0.39, 0.29) is 30.2 Å². The largest absolute Gasteiger partial charge is 0.508 e. The standard InChI is InChI=1S/C28H27N5O2S/c1-19-6-4-7-20(18-19)30-25(35)14-17-33-27(26(31-28(33)36)23-8-2-3-15-29-23)24-9-5-16-32(24)21-10-12-22(34)13-11-21/h2-13,15-16,18,26-27,34H,14,17H2,1H3,(H,30,35)(H,31,36). The van der Waals surface area contributed by atoms with E-state index in [1.807, 2.05) is 73.8 Å². The van der Waals surface area contributed by atoms with Crippen molar-refractivity contribution in [2.45, 2.75) is 25.4 Å². The summed E-state index contributed by atoms with van der Waals surface area (Å²) in [5, 5.41) is 16.8. The van der Waals surface area contributed by atoms with Gasteiger partial charge in [0.2, 0.25) is 5.91 Å². The highest BCUT2D eigenvalue weighted by Crippen LogP contribution is 2.39. The van der Waals surface area contributed by atoms with Gasteiger partial charge in [0.05, 0.1) is 17.8 Å². The van der Waals surface area contributed by atoms with Crippen LogP contribution >= 0.6 is 12.2 Å². The summed E-state index contributed by atoms with van der Waals surface area (Å²) in [6, 6.07) is 24.3. The Morgan fingerprint density at radius 2 is 1.92 bits per heavy atom. The Morgan fingerprint density at radius 1 is 1.08 bits per heavy atom. The first-order valence-electron chi connectivity index (χ1n) is 11.8. The molecule has 182 valence electrons. The number of anilines is 1. The molecule has 0 aliphatic carbocycles. The average molecular weight is 498 g/mol. The van der Waals surface area contributed by atoms with Crippen molar-refractivity contribution in [3.63, 3.8) is 0 Å². The van der Waals surface area contributed by atoms with Gasteiger partial charge in [0, 0.05) is 42.4 Å². The van der Waals surface area contributed by atoms with Gasteiger partial charge in [-0.15, -0.1) is 0 Å². The highest BCUT2D eigenvalue weighted by atomic mass is 32.1. The Balaban J connectivity index is 1.44. The van der Waals surface area contributed by atoms with E-state index in [4.69, 9.17) is 12.2 Å². The molecular formula is C28H27N5O2S. The number of nitrogens with one attached hydrogen (secondary N) is 2. The van der Waals surface area contributed by atoms with Gasteiger partial charge in [-0.2, -0.15) is 0 Å². The molecule has 4 aromatic rings. The van der Waals surface area contributed by atoms with E-state index in [2.05, 4.69) is 31.2 Å². The lowest BCUT2D eigenvalue weighted by atomic mass is 10.0. The topological polar surface area (TPSA) is 82.4 Å². The van der Waals surface area contributed by atoms with Crippen LogP contribution in [0.5, 0.6) is 5.75 Å². The fourth-order valence-corrected chi connectivity index (χ4v) is 4.95. The highest BCUT2D eigenvalue weighted by Gasteiger charge is 2.41. The minimum absolute atomic E-state index is 0.0719. The lowest BCUT2D eigenvalue weighted by Crippen LogP contribution is -2.33. The Morgan fingerprint density at radius 3 is 2.67 bits per heavy atom. The number of aromatic nitrogens is 2. The molecule has 2 aromatic carbocycles. The maximum Gasteiger partial charge on any atom is 0.226 e. The molecule has 1 aliphatic rings. The zero-order valence-electron chi connectivity index (χ0n) is 19.8. The smallest absolute Gasteiger partial charge is 0.226 e. The van der Waals surface area contributed by atoms with E-state index < -0.39 is 0 Å². The summed E-state index contributed by atoms with van der Waals surface area (Å²) in [5.41, 5.74) is 4.66. The first-order valence-corrected chi connectivity index (χ1v) is 12.2. The summed E-state index contributed by atoms with van der Waals surface area (Å²) >= 11 is 5.76. The predicted octanol–water partition coefficient (Wildman–Crippen LogP) is 4.89. The van der Waals surface area contributed by atoms with Crippen LogP contribution in [0.1, 0.15) is 35.5 Å². The molecular weight excluding hydrogens is 470 g/mol. The summed E-state index contributed by atoms with van der Waals surface area (Å²) in [6.45, 7) is 2.44. The van der Waals surface area contributed by atoms with Crippen molar-refractivity contribution >= 4 is 28.9 Å². The molecule has 3 N–H and O–H groups in total. The highest BCUT2D eigenvalue weighted by molar-refractivity contribution is 7.80. The van der Waals surface area contributed by atoms with Crippen molar-refractivity contribution in [3.05, 3.63) is 108 Å². The van der Waals surface area contributed by atoms with Crippen molar-refractivity contribution < 1.29 is 9.90 Å². The number of aromatic hydroxyl groups is 1. The van der Waals surface area contributed by atoms with Gasteiger partial charge in [0.15, 0.2) is 5.11 Å². The van der Waals surface area contributed by atoms with Crippen molar-refractivity contribution in [1.29, 1.82) is 0 Å². The minimum atomic E-state index is -0.192. The maximum atomic E-state index is 12.8. The SMILES string of the molecule is Cc1cccc(NC(=O)CCN2C(=S)NC(c3ccccn3)C2c2cccn2-c2ccc(O)cc2)c1. The number of carbonyl (C=O) groups excluding carboxylic acids is 1. The predicted molar refractivity (Wildman–Crippen MR) is 144 cm³/mol. The zero-order valence-corrected chi connectivity index (χ0v) is 20.7. The van der Waals surface area contributed by atoms with E-state index >= 15 is 0 Å². The van der Waals surface area contributed by atoms with Crippen molar-refractivity contribution in [2.24, 2.45) is 0 Å². The van der Waals surface area contributed by atoms with Gasteiger partial charge in [-0.05, 0) is 85.4 Å². The quantitative estimate of drug-likeness (QED) is 0.316. The number of pyridine rings is 1. The summed E-state index contributed by atoms with van der Waals surface area (Å²) in [6.07, 6.45) is 4.04. The molecule has 0 bridgehead atoms. The minimum Gasteiger partial charge on any atom is -0.508 e. The van der Waals surface area contributed by atoms with Gasteiger partial charge >= 0.3 is 0 Å². The molecule has 1 fully saturated rings. The first kappa shape index (κ1) is 23.6. The average Bonchev–Trinajstić information content (AvgIpc) is 3.48. The van der Waals surface area contributed by atoms with Gasteiger partial charge in [0.25, 0.3) is 0 Å². The van der Waals surface area contributed by atoms with Gasteiger partial charge in [-0.3, -0.25) is 9.78 Å². The summed E-state index contributed by atoms with van der Waals surface area (Å²) in [5.74, 6) is 0.140. The molecule has 5 rings (SSSR count). The van der Waals surface area contributed by atoms with Gasteiger partial charge in [-0.25, -0.2) is 0 Å². The first-order chi connectivity index (χ1) is 17.5. The molecule has 2 aromatic heterocycles. The number of carbonyl (C=O) groups is 1. The van der Waals surface area contributed by atoms with Crippen LogP contribution in [0.3, 0.4) is 0 Å². The number of benzene rings is 2. The Hall–Kier alpha value is -4.17. The third-order valence-corrected chi connectivity index (χ3v) is 6.64. The molecule has 7 nitrogen and oxygen atoms in total. The van der Waals surface area contributed by atoms with Gasteiger partial charge in [-0.1, -0.05) is 18.2 Å². The molecule has 8 heteroatoms. The number of phenols is 1. The number of nitrogens with zero attached hydrogens (tertiary/aromatic N) is 3. The third-order valence-electron chi connectivity index (χ3n) is 6.29. The van der Waals surface area contributed by atoms with Crippen LogP contribution in [0.2, 0.25) is 0 Å². The van der Waals surface area contributed by atoms with Crippen molar-refractivity contribution in [3.8, 4) is 11.4 Å². The van der Waals surface area contributed by atoms with Crippen LogP contribution in [-0.4, -0.2) is 37.1 Å². The number of thiocarbonyl (C=S) groups is 1. The second kappa shape index (κ2) is 10.2. The van der Waals surface area contributed by atoms with Crippen LogP contribution in [-0.2, 0) is 4.79 Å². The Bertz CT molecular complexity index is 1370. The second-order valence-electron chi connectivity index (χ2n) is 8.81. The van der Waals surface area contributed by atoms with Gasteiger partial charge in [0.1, 0.15) is 5.75 Å². The monoisotopic (exact) mass is 497 g/mol. The van der Waals surface area contributed by atoms with Crippen molar-refractivity contribution in [1.82, 2.24) is 19.8 Å². The summed E-state index contributed by atoms with van der Waals surface area (Å²) in [7, 11) is 0. The zero-order chi connectivity index (χ0) is 25.1. The Kier molecular flexibility index (Phi) is 6.69. The lowest BCUT2D eigenvalue weighted by molar-refractivity contribution is -0.116. The number of hydrogen-bond donors (Lipinski definition) is 3. The molecule has 1 amide bonds. The Labute approximate surface area is 215 Å². The van der Waals surface area contributed by atoms with Crippen LogP contribution in [0.15, 0.2) is 91.3 Å². The van der Waals surface area contributed by atoms with Crippen molar-refractivity contribution in [2.75, 3.05) is 11.9 Å². The van der Waals surface area contributed by atoms with E-state index in [9.17, 15) is 9.90 Å². The fourth-order valence-electron chi connectivity index (χ4n) is 4.62. The van der Waals surface area contributed by atoms with Crippen LogP contribution in [0.25, 0.3) is 5.69 Å². The van der Waals surface area contributed by atoms with Crippen LogP contribution < -0.4 is 10.6 Å². The maximum absolute atomic E-state index is 12.8.